The largest absolute Gasteiger partial charge is 0.387 e. The van der Waals surface area contributed by atoms with Gasteiger partial charge in [0, 0.05) is 19.1 Å². The van der Waals surface area contributed by atoms with Gasteiger partial charge < -0.3 is 10.4 Å². The van der Waals surface area contributed by atoms with Crippen LogP contribution < -0.4 is 5.32 Å². The summed E-state index contributed by atoms with van der Waals surface area (Å²) in [6, 6.07) is 6.22. The lowest BCUT2D eigenvalue weighted by Gasteiger charge is -2.24. The smallest absolute Gasteiger partial charge is 0.234 e. The van der Waals surface area contributed by atoms with Gasteiger partial charge in [0.15, 0.2) is 0 Å². The van der Waals surface area contributed by atoms with E-state index in [0.29, 0.717) is 31.2 Å². The predicted molar refractivity (Wildman–Crippen MR) is 74.6 cm³/mol. The number of halogens is 1. The van der Waals surface area contributed by atoms with Crippen molar-refractivity contribution in [1.29, 1.82) is 0 Å². The van der Waals surface area contributed by atoms with Crippen molar-refractivity contribution < 1.29 is 14.3 Å². The Morgan fingerprint density at radius 1 is 1.45 bits per heavy atom. The molecule has 1 saturated carbocycles. The molecule has 110 valence electrons. The molecule has 1 amide bonds. The van der Waals surface area contributed by atoms with Gasteiger partial charge in [-0.2, -0.15) is 0 Å². The first-order valence-corrected chi connectivity index (χ1v) is 7.04. The van der Waals surface area contributed by atoms with Crippen LogP contribution in [0.1, 0.15) is 31.4 Å². The van der Waals surface area contributed by atoms with Crippen molar-refractivity contribution in [2.45, 2.75) is 31.9 Å². The van der Waals surface area contributed by atoms with Gasteiger partial charge in [0.2, 0.25) is 5.91 Å². The Labute approximate surface area is 118 Å². The van der Waals surface area contributed by atoms with Gasteiger partial charge in [-0.1, -0.05) is 12.1 Å². The zero-order chi connectivity index (χ0) is 14.5. The third-order valence-electron chi connectivity index (χ3n) is 3.45. The molecule has 2 N–H and O–H groups in total. The summed E-state index contributed by atoms with van der Waals surface area (Å²) in [5.41, 5.74) is 0.674. The van der Waals surface area contributed by atoms with Crippen molar-refractivity contribution >= 4 is 5.91 Å². The van der Waals surface area contributed by atoms with E-state index in [4.69, 9.17) is 0 Å². The van der Waals surface area contributed by atoms with Gasteiger partial charge in [-0.3, -0.25) is 9.69 Å². The maximum atomic E-state index is 12.9. The summed E-state index contributed by atoms with van der Waals surface area (Å²) in [4.78, 5) is 13.7. The van der Waals surface area contributed by atoms with Crippen LogP contribution in [0.25, 0.3) is 0 Å². The quantitative estimate of drug-likeness (QED) is 0.795. The summed E-state index contributed by atoms with van der Waals surface area (Å²) in [5, 5.41) is 13.0. The number of likely N-dealkylation sites (N-methyl/N-ethyl adjacent to an activating group) is 1. The van der Waals surface area contributed by atoms with E-state index < -0.39 is 6.10 Å². The van der Waals surface area contributed by atoms with Gasteiger partial charge in [0.25, 0.3) is 0 Å². The van der Waals surface area contributed by atoms with Gasteiger partial charge in [0.1, 0.15) is 5.82 Å². The Balaban J connectivity index is 1.93. The van der Waals surface area contributed by atoms with Crippen molar-refractivity contribution in [3.63, 3.8) is 0 Å². The van der Waals surface area contributed by atoms with Crippen LogP contribution in [0.5, 0.6) is 0 Å². The minimum Gasteiger partial charge on any atom is -0.387 e. The van der Waals surface area contributed by atoms with E-state index >= 15 is 0 Å². The Morgan fingerprint density at radius 3 is 2.65 bits per heavy atom. The van der Waals surface area contributed by atoms with Gasteiger partial charge >= 0.3 is 0 Å². The second-order valence-electron chi connectivity index (χ2n) is 5.18. The van der Waals surface area contributed by atoms with Gasteiger partial charge in [-0.25, -0.2) is 4.39 Å². The van der Waals surface area contributed by atoms with E-state index in [1.165, 1.54) is 12.1 Å². The molecule has 1 fully saturated rings. The van der Waals surface area contributed by atoms with Crippen LogP contribution in [0.4, 0.5) is 4.39 Å². The standard InChI is InChI=1S/C15H21FN2O2/c1-2-17-15(20)10-18(13-7-8-13)9-14(19)11-3-5-12(16)6-4-11/h3-6,13-14,19H,2,7-10H2,1H3,(H,17,20). The molecule has 4 nitrogen and oxygen atoms in total. The average molecular weight is 280 g/mol. The maximum absolute atomic E-state index is 12.9. The molecule has 1 atom stereocenters. The number of amides is 1. The molecule has 2 rings (SSSR count). The third kappa shape index (κ3) is 4.28. The van der Waals surface area contributed by atoms with E-state index in [0.717, 1.165) is 12.8 Å². The summed E-state index contributed by atoms with van der Waals surface area (Å²) in [6.07, 6.45) is 1.43. The van der Waals surface area contributed by atoms with E-state index in [-0.39, 0.29) is 11.7 Å². The number of hydrogen-bond donors (Lipinski definition) is 2. The van der Waals surface area contributed by atoms with E-state index in [2.05, 4.69) is 5.32 Å². The molecular formula is C15H21FN2O2. The molecule has 0 spiro atoms. The third-order valence-corrected chi connectivity index (χ3v) is 3.45. The number of rotatable bonds is 7. The zero-order valence-electron chi connectivity index (χ0n) is 11.7. The number of aliphatic hydroxyl groups is 1. The number of nitrogens with zero attached hydrogens (tertiary/aromatic N) is 1. The lowest BCUT2D eigenvalue weighted by atomic mass is 10.1. The van der Waals surface area contributed by atoms with Crippen LogP contribution in [0.15, 0.2) is 24.3 Å². The van der Waals surface area contributed by atoms with Crippen molar-refractivity contribution in [3.05, 3.63) is 35.6 Å². The first-order chi connectivity index (χ1) is 9.60. The van der Waals surface area contributed by atoms with Crippen molar-refractivity contribution in [1.82, 2.24) is 10.2 Å². The fraction of sp³-hybridized carbons (Fsp3) is 0.533. The minimum absolute atomic E-state index is 0.0225. The van der Waals surface area contributed by atoms with Crippen LogP contribution in [0.2, 0.25) is 0 Å². The molecule has 1 unspecified atom stereocenters. The van der Waals surface area contributed by atoms with E-state index in [9.17, 15) is 14.3 Å². The minimum atomic E-state index is -0.703. The van der Waals surface area contributed by atoms with E-state index in [1.54, 1.807) is 12.1 Å². The fourth-order valence-electron chi connectivity index (χ4n) is 2.23. The number of nitrogens with one attached hydrogen (secondary N) is 1. The monoisotopic (exact) mass is 280 g/mol. The molecule has 1 aromatic rings. The summed E-state index contributed by atoms with van der Waals surface area (Å²) >= 11 is 0. The SMILES string of the molecule is CCNC(=O)CN(CC(O)c1ccc(F)cc1)C1CC1. The molecule has 0 aromatic heterocycles. The number of carbonyl (C=O) groups is 1. The van der Waals surface area contributed by atoms with Gasteiger partial charge in [0.05, 0.1) is 12.6 Å². The highest BCUT2D eigenvalue weighted by molar-refractivity contribution is 5.78. The molecule has 20 heavy (non-hydrogen) atoms. The Morgan fingerprint density at radius 2 is 2.10 bits per heavy atom. The van der Waals surface area contributed by atoms with Gasteiger partial charge in [-0.05, 0) is 37.5 Å². The molecule has 1 aliphatic carbocycles. The number of benzene rings is 1. The number of hydrogen-bond acceptors (Lipinski definition) is 3. The number of aliphatic hydroxyl groups excluding tert-OH is 1. The molecule has 1 aromatic carbocycles. The molecule has 0 radical (unpaired) electrons. The van der Waals surface area contributed by atoms with Crippen LogP contribution in [0, 0.1) is 5.82 Å². The second kappa shape index (κ2) is 6.81. The molecule has 1 aliphatic rings. The Hall–Kier alpha value is -1.46. The molecule has 5 heteroatoms. The fourth-order valence-corrected chi connectivity index (χ4v) is 2.23. The van der Waals surface area contributed by atoms with Gasteiger partial charge in [-0.15, -0.1) is 0 Å². The summed E-state index contributed by atoms with van der Waals surface area (Å²) < 4.78 is 12.9. The first-order valence-electron chi connectivity index (χ1n) is 7.04. The highest BCUT2D eigenvalue weighted by atomic mass is 19.1. The summed E-state index contributed by atoms with van der Waals surface area (Å²) in [6.45, 7) is 3.19. The highest BCUT2D eigenvalue weighted by Crippen LogP contribution is 2.28. The second-order valence-corrected chi connectivity index (χ2v) is 5.18. The van der Waals surface area contributed by atoms with E-state index in [1.807, 2.05) is 11.8 Å². The molecule has 0 aliphatic heterocycles. The zero-order valence-corrected chi connectivity index (χ0v) is 11.7. The van der Waals surface area contributed by atoms with Crippen molar-refractivity contribution in [2.75, 3.05) is 19.6 Å². The van der Waals surface area contributed by atoms with Crippen LogP contribution in [-0.2, 0) is 4.79 Å². The molecular weight excluding hydrogens is 259 g/mol. The summed E-state index contributed by atoms with van der Waals surface area (Å²) in [5.74, 6) is -0.340. The Kier molecular flexibility index (Phi) is 5.09. The summed E-state index contributed by atoms with van der Waals surface area (Å²) in [7, 11) is 0. The highest BCUT2D eigenvalue weighted by Gasteiger charge is 2.31. The first kappa shape index (κ1) is 14.9. The topological polar surface area (TPSA) is 52.6 Å². The maximum Gasteiger partial charge on any atom is 0.234 e. The van der Waals surface area contributed by atoms with Crippen LogP contribution in [-0.4, -0.2) is 41.6 Å². The lowest BCUT2D eigenvalue weighted by Crippen LogP contribution is -2.40. The van der Waals surface area contributed by atoms with Crippen molar-refractivity contribution in [3.8, 4) is 0 Å². The predicted octanol–water partition coefficient (Wildman–Crippen LogP) is 1.46. The van der Waals surface area contributed by atoms with Crippen LogP contribution in [0.3, 0.4) is 0 Å². The lowest BCUT2D eigenvalue weighted by molar-refractivity contribution is -0.122. The Bertz CT molecular complexity index is 446. The normalized spacial score (nSPS) is 16.2. The van der Waals surface area contributed by atoms with Crippen LogP contribution >= 0.6 is 0 Å². The molecule has 0 heterocycles. The van der Waals surface area contributed by atoms with Crippen molar-refractivity contribution in [2.24, 2.45) is 0 Å². The molecule has 0 bridgehead atoms. The number of carbonyl (C=O) groups excluding carboxylic acids is 1. The average Bonchev–Trinajstić information content (AvgIpc) is 3.23. The molecule has 0 saturated heterocycles.